The van der Waals surface area contributed by atoms with Gasteiger partial charge in [0.1, 0.15) is 0 Å². The van der Waals surface area contributed by atoms with Crippen molar-refractivity contribution in [1.82, 2.24) is 5.32 Å². The van der Waals surface area contributed by atoms with Gasteiger partial charge in [-0.05, 0) is 61.5 Å². The third-order valence-electron chi connectivity index (χ3n) is 5.61. The lowest BCUT2D eigenvalue weighted by atomic mass is 9.78. The molecule has 116 valence electrons. The van der Waals surface area contributed by atoms with Gasteiger partial charge >= 0.3 is 0 Å². The van der Waals surface area contributed by atoms with Crippen LogP contribution in [0.1, 0.15) is 75.1 Å². The first-order valence-corrected chi connectivity index (χ1v) is 8.91. The number of benzene rings is 1. The third kappa shape index (κ3) is 3.34. The molecule has 0 radical (unpaired) electrons. The standard InChI is InChI=1S/C20H31N/c1-15(2)13-20(10-4-5-11-20)14-21-19-9-8-17-7-6-16(3)12-18(17)19/h6-7,12,15,19,21H,4-5,8-11,13-14H2,1-3H3. The first-order chi connectivity index (χ1) is 10.1. The Morgan fingerprint density at radius 3 is 2.71 bits per heavy atom. The van der Waals surface area contributed by atoms with Crippen molar-refractivity contribution in [3.05, 3.63) is 34.9 Å². The molecular formula is C20H31N. The van der Waals surface area contributed by atoms with Crippen LogP contribution in [0.25, 0.3) is 0 Å². The highest BCUT2D eigenvalue weighted by Gasteiger charge is 2.35. The maximum Gasteiger partial charge on any atom is 0.0326 e. The molecule has 0 bridgehead atoms. The second-order valence-electron chi connectivity index (χ2n) is 7.98. The highest BCUT2D eigenvalue weighted by Crippen LogP contribution is 2.43. The van der Waals surface area contributed by atoms with Crippen LogP contribution < -0.4 is 5.32 Å². The molecule has 2 aliphatic carbocycles. The first kappa shape index (κ1) is 15.1. The summed E-state index contributed by atoms with van der Waals surface area (Å²) in [4.78, 5) is 0. The number of nitrogens with one attached hydrogen (secondary N) is 1. The third-order valence-corrected chi connectivity index (χ3v) is 5.61. The molecular weight excluding hydrogens is 254 g/mol. The highest BCUT2D eigenvalue weighted by molar-refractivity contribution is 5.37. The molecule has 21 heavy (non-hydrogen) atoms. The molecule has 1 unspecified atom stereocenters. The number of fused-ring (bicyclic) bond motifs is 1. The average Bonchev–Trinajstić information content (AvgIpc) is 3.03. The zero-order valence-electron chi connectivity index (χ0n) is 14.0. The van der Waals surface area contributed by atoms with Gasteiger partial charge in [0.05, 0.1) is 0 Å². The van der Waals surface area contributed by atoms with Gasteiger partial charge in [0.2, 0.25) is 0 Å². The van der Waals surface area contributed by atoms with E-state index in [1.807, 2.05) is 0 Å². The summed E-state index contributed by atoms with van der Waals surface area (Å²) in [5.41, 5.74) is 5.14. The molecule has 1 atom stereocenters. The van der Waals surface area contributed by atoms with E-state index in [0.717, 1.165) is 5.92 Å². The number of hydrogen-bond acceptors (Lipinski definition) is 1. The molecule has 1 saturated carbocycles. The molecule has 0 aromatic heterocycles. The summed E-state index contributed by atoms with van der Waals surface area (Å²) in [7, 11) is 0. The Bertz CT molecular complexity index is 483. The predicted molar refractivity (Wildman–Crippen MR) is 90.6 cm³/mol. The lowest BCUT2D eigenvalue weighted by Gasteiger charge is -2.33. The van der Waals surface area contributed by atoms with Gasteiger partial charge in [0.15, 0.2) is 0 Å². The molecule has 0 saturated heterocycles. The van der Waals surface area contributed by atoms with Crippen molar-refractivity contribution in [3.63, 3.8) is 0 Å². The first-order valence-electron chi connectivity index (χ1n) is 8.91. The fraction of sp³-hybridized carbons (Fsp3) is 0.700. The largest absolute Gasteiger partial charge is 0.309 e. The average molecular weight is 285 g/mol. The molecule has 1 fully saturated rings. The quantitative estimate of drug-likeness (QED) is 0.786. The smallest absolute Gasteiger partial charge is 0.0326 e. The molecule has 1 aromatic carbocycles. The molecule has 0 spiro atoms. The Labute approximate surface area is 130 Å². The minimum absolute atomic E-state index is 0.584. The molecule has 0 aliphatic heterocycles. The van der Waals surface area contributed by atoms with Crippen LogP contribution >= 0.6 is 0 Å². The van der Waals surface area contributed by atoms with Gasteiger partial charge in [0, 0.05) is 12.6 Å². The van der Waals surface area contributed by atoms with Crippen molar-refractivity contribution in [1.29, 1.82) is 0 Å². The maximum absolute atomic E-state index is 3.95. The normalized spacial score (nSPS) is 23.7. The van der Waals surface area contributed by atoms with Crippen LogP contribution in [0.3, 0.4) is 0 Å². The molecule has 2 aliphatic rings. The van der Waals surface area contributed by atoms with E-state index in [0.29, 0.717) is 11.5 Å². The van der Waals surface area contributed by atoms with Gasteiger partial charge < -0.3 is 5.32 Å². The van der Waals surface area contributed by atoms with Crippen LogP contribution in [-0.4, -0.2) is 6.54 Å². The van der Waals surface area contributed by atoms with Gasteiger partial charge in [-0.3, -0.25) is 0 Å². The van der Waals surface area contributed by atoms with Crippen molar-refractivity contribution < 1.29 is 0 Å². The minimum atomic E-state index is 0.584. The lowest BCUT2D eigenvalue weighted by Crippen LogP contribution is -2.35. The second-order valence-corrected chi connectivity index (χ2v) is 7.98. The van der Waals surface area contributed by atoms with Crippen LogP contribution in [-0.2, 0) is 6.42 Å². The van der Waals surface area contributed by atoms with Gasteiger partial charge in [-0.1, -0.05) is 50.5 Å². The summed E-state index contributed by atoms with van der Waals surface area (Å²) in [5, 5.41) is 3.95. The van der Waals surface area contributed by atoms with E-state index < -0.39 is 0 Å². The van der Waals surface area contributed by atoms with Crippen LogP contribution in [0.2, 0.25) is 0 Å². The Morgan fingerprint density at radius 2 is 2.00 bits per heavy atom. The number of rotatable bonds is 5. The van der Waals surface area contributed by atoms with E-state index in [1.54, 1.807) is 11.1 Å². The Morgan fingerprint density at radius 1 is 1.24 bits per heavy atom. The Kier molecular flexibility index (Phi) is 4.40. The predicted octanol–water partition coefficient (Wildman–Crippen LogP) is 5.18. The SMILES string of the molecule is Cc1ccc2c(c1)C(NCC1(CC(C)C)CCCC1)CC2. The van der Waals surface area contributed by atoms with Gasteiger partial charge in [-0.15, -0.1) is 0 Å². The van der Waals surface area contributed by atoms with Crippen LogP contribution in [0, 0.1) is 18.3 Å². The van der Waals surface area contributed by atoms with Crippen molar-refractivity contribution in [3.8, 4) is 0 Å². The molecule has 1 nitrogen and oxygen atoms in total. The fourth-order valence-electron chi connectivity index (χ4n) is 4.72. The van der Waals surface area contributed by atoms with Crippen molar-refractivity contribution >= 4 is 0 Å². The lowest BCUT2D eigenvalue weighted by molar-refractivity contribution is 0.215. The van der Waals surface area contributed by atoms with E-state index in [1.165, 1.54) is 57.1 Å². The topological polar surface area (TPSA) is 12.0 Å². The summed E-state index contributed by atoms with van der Waals surface area (Å²) in [5.74, 6) is 0.822. The molecule has 0 heterocycles. The summed E-state index contributed by atoms with van der Waals surface area (Å²) in [6, 6.07) is 7.61. The summed E-state index contributed by atoms with van der Waals surface area (Å²) >= 11 is 0. The van der Waals surface area contributed by atoms with Crippen LogP contribution in [0.15, 0.2) is 18.2 Å². The van der Waals surface area contributed by atoms with E-state index >= 15 is 0 Å². The zero-order valence-corrected chi connectivity index (χ0v) is 14.0. The van der Waals surface area contributed by atoms with Crippen molar-refractivity contribution in [2.45, 2.75) is 71.8 Å². The van der Waals surface area contributed by atoms with E-state index in [4.69, 9.17) is 0 Å². The number of hydrogen-bond donors (Lipinski definition) is 1. The minimum Gasteiger partial charge on any atom is -0.309 e. The van der Waals surface area contributed by atoms with Gasteiger partial charge in [-0.25, -0.2) is 0 Å². The fourth-order valence-corrected chi connectivity index (χ4v) is 4.72. The maximum atomic E-state index is 3.95. The monoisotopic (exact) mass is 285 g/mol. The molecule has 3 rings (SSSR count). The van der Waals surface area contributed by atoms with E-state index in [-0.39, 0.29) is 0 Å². The second kappa shape index (κ2) is 6.12. The summed E-state index contributed by atoms with van der Waals surface area (Å²) in [6.07, 6.45) is 9.69. The molecule has 0 amide bonds. The Hall–Kier alpha value is -0.820. The highest BCUT2D eigenvalue weighted by atomic mass is 14.9. The number of aryl methyl sites for hydroxylation is 2. The van der Waals surface area contributed by atoms with Crippen LogP contribution in [0.5, 0.6) is 0 Å². The summed E-state index contributed by atoms with van der Waals surface area (Å²) < 4.78 is 0. The van der Waals surface area contributed by atoms with E-state index in [9.17, 15) is 0 Å². The molecule has 1 aromatic rings. The zero-order chi connectivity index (χ0) is 14.9. The van der Waals surface area contributed by atoms with Crippen molar-refractivity contribution in [2.24, 2.45) is 11.3 Å². The van der Waals surface area contributed by atoms with Crippen molar-refractivity contribution in [2.75, 3.05) is 6.54 Å². The van der Waals surface area contributed by atoms with Crippen LogP contribution in [0.4, 0.5) is 0 Å². The van der Waals surface area contributed by atoms with Gasteiger partial charge in [0.25, 0.3) is 0 Å². The van der Waals surface area contributed by atoms with E-state index in [2.05, 4.69) is 44.3 Å². The molecule has 1 heteroatoms. The Balaban J connectivity index is 1.67. The summed E-state index contributed by atoms with van der Waals surface area (Å²) in [6.45, 7) is 8.21. The molecule has 1 N–H and O–H groups in total. The van der Waals surface area contributed by atoms with Gasteiger partial charge in [-0.2, -0.15) is 0 Å².